The quantitative estimate of drug-likeness (QED) is 0.738. The van der Waals surface area contributed by atoms with Crippen molar-refractivity contribution in [3.63, 3.8) is 0 Å². The molecule has 0 aliphatic heterocycles. The van der Waals surface area contributed by atoms with Crippen molar-refractivity contribution in [2.45, 2.75) is 11.3 Å². The molecule has 26 heavy (non-hydrogen) atoms. The third-order valence-electron chi connectivity index (χ3n) is 4.14. The molecule has 7 heteroatoms. The van der Waals surface area contributed by atoms with Crippen LogP contribution in [0.5, 0.6) is 5.75 Å². The molecule has 0 bridgehead atoms. The van der Waals surface area contributed by atoms with E-state index in [0.717, 1.165) is 24.0 Å². The molecule has 0 saturated heterocycles. The van der Waals surface area contributed by atoms with Crippen LogP contribution in [0.25, 0.3) is 11.1 Å². The van der Waals surface area contributed by atoms with Gasteiger partial charge in [0.15, 0.2) is 9.84 Å². The maximum absolute atomic E-state index is 14.6. The zero-order valence-electron chi connectivity index (χ0n) is 14.0. The Balaban J connectivity index is 2.15. The van der Waals surface area contributed by atoms with Crippen LogP contribution in [0.2, 0.25) is 5.02 Å². The van der Waals surface area contributed by atoms with Crippen molar-refractivity contribution in [1.29, 1.82) is 0 Å². The van der Waals surface area contributed by atoms with Crippen LogP contribution in [0, 0.1) is 11.6 Å². The summed E-state index contributed by atoms with van der Waals surface area (Å²) in [6, 6.07) is 6.81. The molecule has 0 aromatic heterocycles. The molecule has 0 spiro atoms. The molecule has 0 fully saturated rings. The highest BCUT2D eigenvalue weighted by Crippen LogP contribution is 2.39. The van der Waals surface area contributed by atoms with Gasteiger partial charge in [-0.25, -0.2) is 17.2 Å². The summed E-state index contributed by atoms with van der Waals surface area (Å²) >= 11 is 6.16. The van der Waals surface area contributed by atoms with Crippen molar-refractivity contribution in [2.75, 3.05) is 13.4 Å². The number of benzene rings is 2. The molecule has 0 radical (unpaired) electrons. The van der Waals surface area contributed by atoms with Crippen LogP contribution in [-0.2, 0) is 9.84 Å². The van der Waals surface area contributed by atoms with Crippen molar-refractivity contribution >= 4 is 32.6 Å². The topological polar surface area (TPSA) is 43.4 Å². The summed E-state index contributed by atoms with van der Waals surface area (Å²) in [6.45, 7) is 0. The smallest absolute Gasteiger partial charge is 0.178 e. The number of methoxy groups -OCH3 is 1. The van der Waals surface area contributed by atoms with E-state index in [-0.39, 0.29) is 5.56 Å². The van der Waals surface area contributed by atoms with Gasteiger partial charge in [-0.15, -0.1) is 0 Å². The van der Waals surface area contributed by atoms with Crippen LogP contribution in [0.4, 0.5) is 8.78 Å². The molecule has 1 aliphatic carbocycles. The average Bonchev–Trinajstić information content (AvgIpc) is 3.05. The Bertz CT molecular complexity index is 1060. The first-order valence-electron chi connectivity index (χ1n) is 7.65. The molecule has 0 N–H and O–H groups in total. The number of hydrogen-bond acceptors (Lipinski definition) is 3. The summed E-state index contributed by atoms with van der Waals surface area (Å²) in [5.74, 6) is -1.26. The van der Waals surface area contributed by atoms with E-state index < -0.39 is 26.4 Å². The van der Waals surface area contributed by atoms with E-state index in [4.69, 9.17) is 16.3 Å². The van der Waals surface area contributed by atoms with Crippen LogP contribution in [0.15, 0.2) is 47.4 Å². The lowest BCUT2D eigenvalue weighted by atomic mass is 9.96. The third-order valence-corrected chi connectivity index (χ3v) is 5.55. The number of hydrogen-bond donors (Lipinski definition) is 0. The lowest BCUT2D eigenvalue weighted by Gasteiger charge is -2.12. The standard InChI is InChI=1S/C19H15ClF2O3S/c1-25-18-7-6-11(8-15(18)20)12-4-3-5-13(12)14-9-17(22)19(10-16(14)21)26(2,23)24/h3-4,6-10H,5H2,1-2H3. The summed E-state index contributed by atoms with van der Waals surface area (Å²) in [4.78, 5) is -0.653. The van der Waals surface area contributed by atoms with Crippen molar-refractivity contribution in [3.8, 4) is 5.75 Å². The fourth-order valence-corrected chi connectivity index (χ4v) is 3.90. The summed E-state index contributed by atoms with van der Waals surface area (Å²) in [7, 11) is -2.35. The number of allylic oxidation sites excluding steroid dienone is 4. The van der Waals surface area contributed by atoms with Gasteiger partial charge >= 0.3 is 0 Å². The molecular formula is C19H15ClF2O3S. The minimum absolute atomic E-state index is 0.0295. The second-order valence-corrected chi connectivity index (χ2v) is 8.27. The second kappa shape index (κ2) is 6.85. The molecule has 0 saturated carbocycles. The highest BCUT2D eigenvalue weighted by molar-refractivity contribution is 7.90. The summed E-state index contributed by atoms with van der Waals surface area (Å²) in [5, 5.41) is 0.399. The predicted molar refractivity (Wildman–Crippen MR) is 98.0 cm³/mol. The molecule has 1 aliphatic rings. The van der Waals surface area contributed by atoms with Gasteiger partial charge in [-0.1, -0.05) is 29.8 Å². The molecular weight excluding hydrogens is 382 g/mol. The monoisotopic (exact) mass is 396 g/mol. The lowest BCUT2D eigenvalue weighted by Crippen LogP contribution is -2.04. The Kier molecular flexibility index (Phi) is 4.90. The minimum atomic E-state index is -3.85. The molecule has 2 aromatic carbocycles. The molecule has 0 atom stereocenters. The molecule has 3 nitrogen and oxygen atoms in total. The molecule has 0 heterocycles. The second-order valence-electron chi connectivity index (χ2n) is 5.88. The van der Waals surface area contributed by atoms with E-state index in [1.807, 2.05) is 6.08 Å². The molecule has 2 aromatic rings. The number of halogens is 3. The summed E-state index contributed by atoms with van der Waals surface area (Å²) < 4.78 is 57.1. The fraction of sp³-hybridized carbons (Fsp3) is 0.158. The molecule has 3 rings (SSSR count). The van der Waals surface area contributed by atoms with Crippen molar-refractivity contribution in [2.24, 2.45) is 0 Å². The number of rotatable bonds is 4. The fourth-order valence-electron chi connectivity index (χ4n) is 2.91. The minimum Gasteiger partial charge on any atom is -0.495 e. The van der Waals surface area contributed by atoms with Crippen molar-refractivity contribution in [1.82, 2.24) is 0 Å². The van der Waals surface area contributed by atoms with Gasteiger partial charge in [-0.2, -0.15) is 0 Å². The zero-order valence-corrected chi connectivity index (χ0v) is 15.6. The number of ether oxygens (including phenoxy) is 1. The highest BCUT2D eigenvalue weighted by Gasteiger charge is 2.22. The Labute approximate surface area is 155 Å². The average molecular weight is 397 g/mol. The van der Waals surface area contributed by atoms with Crippen LogP contribution in [0.3, 0.4) is 0 Å². The summed E-state index contributed by atoms with van der Waals surface area (Å²) in [6.07, 6.45) is 4.86. The van der Waals surface area contributed by atoms with Gasteiger partial charge in [0.05, 0.1) is 12.1 Å². The number of sulfone groups is 1. The van der Waals surface area contributed by atoms with E-state index in [9.17, 15) is 17.2 Å². The van der Waals surface area contributed by atoms with Crippen molar-refractivity contribution in [3.05, 3.63) is 70.3 Å². The van der Waals surface area contributed by atoms with Crippen LogP contribution in [-0.4, -0.2) is 21.8 Å². The van der Waals surface area contributed by atoms with Gasteiger partial charge in [0.25, 0.3) is 0 Å². The largest absolute Gasteiger partial charge is 0.495 e. The Morgan fingerprint density at radius 1 is 1.12 bits per heavy atom. The first kappa shape index (κ1) is 18.6. The van der Waals surface area contributed by atoms with Gasteiger partial charge in [0.2, 0.25) is 0 Å². The van der Waals surface area contributed by atoms with Crippen LogP contribution < -0.4 is 4.74 Å². The van der Waals surface area contributed by atoms with E-state index >= 15 is 0 Å². The van der Waals surface area contributed by atoms with E-state index in [0.29, 0.717) is 28.3 Å². The van der Waals surface area contributed by atoms with Crippen LogP contribution >= 0.6 is 11.6 Å². The zero-order chi connectivity index (χ0) is 19.1. The van der Waals surface area contributed by atoms with Crippen molar-refractivity contribution < 1.29 is 21.9 Å². The molecule has 0 amide bonds. The normalized spacial score (nSPS) is 14.2. The maximum atomic E-state index is 14.6. The predicted octanol–water partition coefficient (Wildman–Crippen LogP) is 4.90. The van der Waals surface area contributed by atoms with E-state index in [2.05, 4.69) is 0 Å². The Morgan fingerprint density at radius 2 is 1.85 bits per heavy atom. The molecule has 0 unspecified atom stereocenters. The third kappa shape index (κ3) is 3.39. The van der Waals surface area contributed by atoms with Gasteiger partial charge < -0.3 is 4.74 Å². The summed E-state index contributed by atoms with van der Waals surface area (Å²) in [5.41, 5.74) is 2.01. The SMILES string of the molecule is COc1ccc(C2=C(c3cc(F)c(S(C)(=O)=O)cc3F)CC=C2)cc1Cl. The highest BCUT2D eigenvalue weighted by atomic mass is 35.5. The lowest BCUT2D eigenvalue weighted by molar-refractivity contribution is 0.415. The van der Waals surface area contributed by atoms with E-state index in [1.165, 1.54) is 7.11 Å². The van der Waals surface area contributed by atoms with Gasteiger partial charge in [-0.05, 0) is 47.4 Å². The maximum Gasteiger partial charge on any atom is 0.178 e. The first-order chi connectivity index (χ1) is 12.2. The first-order valence-corrected chi connectivity index (χ1v) is 9.92. The molecule has 136 valence electrons. The van der Waals surface area contributed by atoms with Crippen LogP contribution in [0.1, 0.15) is 17.5 Å². The van der Waals surface area contributed by atoms with Gasteiger partial charge in [0, 0.05) is 11.8 Å². The van der Waals surface area contributed by atoms with Gasteiger partial charge in [-0.3, -0.25) is 0 Å². The van der Waals surface area contributed by atoms with E-state index in [1.54, 1.807) is 24.3 Å². The van der Waals surface area contributed by atoms with Gasteiger partial charge in [0.1, 0.15) is 22.3 Å². The Hall–Kier alpha value is -2.18. The Morgan fingerprint density at radius 3 is 2.46 bits per heavy atom.